The molecule has 0 unspecified atom stereocenters. The van der Waals surface area contributed by atoms with E-state index in [0.29, 0.717) is 17.9 Å². The molecule has 2 N–H and O–H groups in total. The van der Waals surface area contributed by atoms with E-state index in [4.69, 9.17) is 5.73 Å². The van der Waals surface area contributed by atoms with Gasteiger partial charge in [-0.2, -0.15) is 8.42 Å². The molecule has 1 aromatic carbocycles. The van der Waals surface area contributed by atoms with Crippen LogP contribution in [0.3, 0.4) is 0 Å². The lowest BCUT2D eigenvalue weighted by molar-refractivity contribution is 0.591. The Labute approximate surface area is 126 Å². The number of rotatable bonds is 4. The summed E-state index contributed by atoms with van der Waals surface area (Å²) < 4.78 is 28.6. The number of nitrogens with zero attached hydrogens (tertiary/aromatic N) is 3. The summed E-state index contributed by atoms with van der Waals surface area (Å²) in [6.07, 6.45) is 2.99. The average molecular weight is 359 g/mol. The zero-order valence-electron chi connectivity index (χ0n) is 11.1. The van der Waals surface area contributed by atoms with Gasteiger partial charge in [-0.1, -0.05) is 15.9 Å². The molecule has 0 bridgehead atoms. The molecule has 0 fully saturated rings. The number of hydrogen-bond acceptors (Lipinski definition) is 4. The summed E-state index contributed by atoms with van der Waals surface area (Å²) in [6, 6.07) is 5.04. The molecule has 0 aliphatic carbocycles. The zero-order chi connectivity index (χ0) is 14.9. The standard InChI is InChI=1S/C12H15BrN4O2S/c1-3-17-7-12(15-8-17)20(18,19)16(2)11-5-4-9(13)6-10(11)14/h4-8H,3,14H2,1-2H3. The topological polar surface area (TPSA) is 81.2 Å². The molecule has 0 saturated carbocycles. The first-order valence-corrected chi connectivity index (χ1v) is 8.15. The van der Waals surface area contributed by atoms with Gasteiger partial charge in [-0.25, -0.2) is 4.98 Å². The third-order valence-electron chi connectivity index (χ3n) is 2.93. The van der Waals surface area contributed by atoms with Gasteiger partial charge in [-0.15, -0.1) is 0 Å². The molecule has 0 aliphatic heterocycles. The maximum absolute atomic E-state index is 12.5. The highest BCUT2D eigenvalue weighted by Crippen LogP contribution is 2.29. The van der Waals surface area contributed by atoms with Crippen molar-refractivity contribution in [3.8, 4) is 0 Å². The fourth-order valence-electron chi connectivity index (χ4n) is 1.73. The van der Waals surface area contributed by atoms with Crippen molar-refractivity contribution in [2.45, 2.75) is 18.5 Å². The molecule has 0 spiro atoms. The van der Waals surface area contributed by atoms with Crippen LogP contribution in [-0.2, 0) is 16.6 Å². The predicted octanol–water partition coefficient (Wildman–Crippen LogP) is 2.07. The van der Waals surface area contributed by atoms with Gasteiger partial charge in [-0.05, 0) is 25.1 Å². The van der Waals surface area contributed by atoms with E-state index in [1.54, 1.807) is 22.8 Å². The Hall–Kier alpha value is -1.54. The molecule has 0 amide bonds. The molecule has 2 rings (SSSR count). The average Bonchev–Trinajstić information content (AvgIpc) is 2.87. The number of halogens is 1. The second-order valence-electron chi connectivity index (χ2n) is 4.22. The molecule has 1 heterocycles. The highest BCUT2D eigenvalue weighted by Gasteiger charge is 2.25. The molecule has 2 aromatic rings. The van der Waals surface area contributed by atoms with Gasteiger partial charge in [0.05, 0.1) is 17.7 Å². The molecule has 0 saturated heterocycles. The Morgan fingerprint density at radius 1 is 1.45 bits per heavy atom. The van der Waals surface area contributed by atoms with Crippen LogP contribution in [0.5, 0.6) is 0 Å². The van der Waals surface area contributed by atoms with Crippen molar-refractivity contribution >= 4 is 37.3 Å². The van der Waals surface area contributed by atoms with Crippen LogP contribution in [0.4, 0.5) is 11.4 Å². The summed E-state index contributed by atoms with van der Waals surface area (Å²) in [4.78, 5) is 3.94. The number of hydrogen-bond donors (Lipinski definition) is 1. The third kappa shape index (κ3) is 2.66. The van der Waals surface area contributed by atoms with Crippen molar-refractivity contribution < 1.29 is 8.42 Å². The first-order chi connectivity index (χ1) is 9.36. The molecule has 0 atom stereocenters. The van der Waals surface area contributed by atoms with Crippen molar-refractivity contribution in [2.24, 2.45) is 0 Å². The first-order valence-electron chi connectivity index (χ1n) is 5.92. The van der Waals surface area contributed by atoms with Crippen molar-refractivity contribution in [3.63, 3.8) is 0 Å². The SMILES string of the molecule is CCn1cnc(S(=O)(=O)N(C)c2ccc(Br)cc2N)c1. The second-order valence-corrected chi connectivity index (χ2v) is 7.05. The highest BCUT2D eigenvalue weighted by atomic mass is 79.9. The summed E-state index contributed by atoms with van der Waals surface area (Å²) in [5.41, 5.74) is 6.66. The van der Waals surface area contributed by atoms with Crippen LogP contribution in [0.15, 0.2) is 40.2 Å². The van der Waals surface area contributed by atoms with Gasteiger partial charge < -0.3 is 10.3 Å². The number of nitrogen functional groups attached to an aromatic ring is 1. The Kier molecular flexibility index (Phi) is 4.05. The highest BCUT2D eigenvalue weighted by molar-refractivity contribution is 9.10. The minimum atomic E-state index is -3.71. The van der Waals surface area contributed by atoms with Gasteiger partial charge in [0.25, 0.3) is 10.0 Å². The predicted molar refractivity (Wildman–Crippen MR) is 82.0 cm³/mol. The van der Waals surface area contributed by atoms with Gasteiger partial charge in [0, 0.05) is 24.3 Å². The van der Waals surface area contributed by atoms with E-state index < -0.39 is 10.0 Å². The van der Waals surface area contributed by atoms with Crippen LogP contribution in [-0.4, -0.2) is 25.0 Å². The lowest BCUT2D eigenvalue weighted by Crippen LogP contribution is -2.27. The molecular formula is C12H15BrN4O2S. The Balaban J connectivity index is 2.43. The van der Waals surface area contributed by atoms with Gasteiger partial charge in [0.2, 0.25) is 0 Å². The summed E-state index contributed by atoms with van der Waals surface area (Å²) in [5.74, 6) is 0. The number of sulfonamides is 1. The van der Waals surface area contributed by atoms with Crippen LogP contribution in [0, 0.1) is 0 Å². The molecule has 6 nitrogen and oxygen atoms in total. The van der Waals surface area contributed by atoms with Crippen LogP contribution >= 0.6 is 15.9 Å². The fraction of sp³-hybridized carbons (Fsp3) is 0.250. The van der Waals surface area contributed by atoms with Crippen molar-refractivity contribution in [1.29, 1.82) is 0 Å². The normalized spacial score (nSPS) is 11.6. The maximum Gasteiger partial charge on any atom is 0.283 e. The molecule has 1 aromatic heterocycles. The minimum Gasteiger partial charge on any atom is -0.397 e. The first kappa shape index (κ1) is 14.9. The van der Waals surface area contributed by atoms with E-state index in [9.17, 15) is 8.42 Å². The number of benzene rings is 1. The summed E-state index contributed by atoms with van der Waals surface area (Å²) in [7, 11) is -2.25. The number of nitrogens with two attached hydrogens (primary N) is 1. The van der Waals surface area contributed by atoms with Crippen molar-refractivity contribution in [2.75, 3.05) is 17.1 Å². The Morgan fingerprint density at radius 3 is 2.70 bits per heavy atom. The van der Waals surface area contributed by atoms with Crippen molar-refractivity contribution in [3.05, 3.63) is 35.2 Å². The molecule has 8 heteroatoms. The van der Waals surface area contributed by atoms with Gasteiger partial charge in [0.15, 0.2) is 5.03 Å². The van der Waals surface area contributed by atoms with Gasteiger partial charge >= 0.3 is 0 Å². The number of aromatic nitrogens is 2. The number of aryl methyl sites for hydroxylation is 1. The van der Waals surface area contributed by atoms with Crippen LogP contribution in [0.25, 0.3) is 0 Å². The minimum absolute atomic E-state index is 0.00386. The summed E-state index contributed by atoms with van der Waals surface area (Å²) in [5, 5.41) is 0.00386. The van der Waals surface area contributed by atoms with Crippen LogP contribution < -0.4 is 10.0 Å². The van der Waals surface area contributed by atoms with Crippen LogP contribution in [0.1, 0.15) is 6.92 Å². The number of anilines is 2. The van der Waals surface area contributed by atoms with E-state index in [0.717, 1.165) is 8.78 Å². The Morgan fingerprint density at radius 2 is 2.15 bits per heavy atom. The summed E-state index contributed by atoms with van der Waals surface area (Å²) in [6.45, 7) is 2.57. The van der Waals surface area contributed by atoms with E-state index >= 15 is 0 Å². The second kappa shape index (κ2) is 5.45. The van der Waals surface area contributed by atoms with Gasteiger partial charge in [0.1, 0.15) is 0 Å². The monoisotopic (exact) mass is 358 g/mol. The largest absolute Gasteiger partial charge is 0.397 e. The van der Waals surface area contributed by atoms with E-state index in [2.05, 4.69) is 20.9 Å². The smallest absolute Gasteiger partial charge is 0.283 e. The molecule has 0 aliphatic rings. The lowest BCUT2D eigenvalue weighted by atomic mass is 10.3. The Bertz CT molecular complexity index is 727. The third-order valence-corrected chi connectivity index (χ3v) is 5.08. The number of imidazole rings is 1. The van der Waals surface area contributed by atoms with Gasteiger partial charge in [-0.3, -0.25) is 4.31 Å². The van der Waals surface area contributed by atoms with E-state index in [1.165, 1.54) is 19.6 Å². The van der Waals surface area contributed by atoms with E-state index in [-0.39, 0.29) is 5.03 Å². The molecule has 108 valence electrons. The van der Waals surface area contributed by atoms with Crippen molar-refractivity contribution in [1.82, 2.24) is 9.55 Å². The lowest BCUT2D eigenvalue weighted by Gasteiger charge is -2.19. The zero-order valence-corrected chi connectivity index (χ0v) is 13.5. The van der Waals surface area contributed by atoms with Crippen LogP contribution in [0.2, 0.25) is 0 Å². The quantitative estimate of drug-likeness (QED) is 0.848. The molecule has 0 radical (unpaired) electrons. The molecule has 20 heavy (non-hydrogen) atoms. The molecular weight excluding hydrogens is 344 g/mol. The fourth-order valence-corrected chi connectivity index (χ4v) is 3.26. The summed E-state index contributed by atoms with van der Waals surface area (Å²) >= 11 is 3.29. The van der Waals surface area contributed by atoms with E-state index in [1.807, 2.05) is 6.92 Å². The maximum atomic E-state index is 12.5.